The van der Waals surface area contributed by atoms with E-state index < -0.39 is 11.8 Å². The summed E-state index contributed by atoms with van der Waals surface area (Å²) in [6, 6.07) is 16.1. The minimum absolute atomic E-state index is 0.0133. The minimum Gasteiger partial charge on any atom is -0.378 e. The molecule has 0 bridgehead atoms. The number of nitrogens with zero attached hydrogens (tertiary/aromatic N) is 6. The molecule has 2 aromatic carbocycles. The van der Waals surface area contributed by atoms with E-state index in [2.05, 4.69) is 20.5 Å². The monoisotopic (exact) mass is 606 g/mol. The zero-order valence-electron chi connectivity index (χ0n) is 25.0. The number of halogens is 1. The lowest BCUT2D eigenvalue weighted by molar-refractivity contribution is 0.0827. The highest BCUT2D eigenvalue weighted by atomic mass is 19.1. The molecule has 3 amide bonds. The molecule has 2 N–H and O–H groups in total. The van der Waals surface area contributed by atoms with Gasteiger partial charge in [-0.15, -0.1) is 0 Å². The number of ether oxygens (including phenoxy) is 1. The molecule has 4 heterocycles. The van der Waals surface area contributed by atoms with Crippen LogP contribution >= 0.6 is 0 Å². The van der Waals surface area contributed by atoms with E-state index in [0.717, 1.165) is 16.8 Å². The number of nitrogens with one attached hydrogen (secondary N) is 2. The average molecular weight is 607 g/mol. The predicted molar refractivity (Wildman–Crippen MR) is 171 cm³/mol. The summed E-state index contributed by atoms with van der Waals surface area (Å²) in [4.78, 5) is 47.0. The summed E-state index contributed by atoms with van der Waals surface area (Å²) in [7, 11) is 3.32. The van der Waals surface area contributed by atoms with Crippen molar-refractivity contribution in [1.29, 1.82) is 0 Å². The van der Waals surface area contributed by atoms with E-state index in [4.69, 9.17) is 19.7 Å². The second-order valence-electron chi connectivity index (χ2n) is 10.8. The van der Waals surface area contributed by atoms with E-state index in [-0.39, 0.29) is 11.6 Å². The van der Waals surface area contributed by atoms with E-state index in [0.29, 0.717) is 65.8 Å². The van der Waals surface area contributed by atoms with Gasteiger partial charge in [-0.2, -0.15) is 0 Å². The van der Waals surface area contributed by atoms with Crippen molar-refractivity contribution in [2.45, 2.75) is 6.92 Å². The summed E-state index contributed by atoms with van der Waals surface area (Å²) in [6.07, 6.45) is 3.58. The van der Waals surface area contributed by atoms with Crippen LogP contribution < -0.4 is 15.5 Å². The van der Waals surface area contributed by atoms with Crippen molar-refractivity contribution in [3.05, 3.63) is 90.1 Å². The molecule has 0 saturated carbocycles. The summed E-state index contributed by atoms with van der Waals surface area (Å²) in [5.41, 5.74) is 5.28. The Hall–Kier alpha value is -5.49. The zero-order chi connectivity index (χ0) is 31.5. The second kappa shape index (κ2) is 12.6. The van der Waals surface area contributed by atoms with Crippen molar-refractivity contribution in [3.8, 4) is 22.5 Å². The van der Waals surface area contributed by atoms with Crippen LogP contribution in [-0.4, -0.2) is 77.2 Å². The third-order valence-corrected chi connectivity index (χ3v) is 7.34. The molecule has 0 spiro atoms. The number of anilines is 3. The highest BCUT2D eigenvalue weighted by Gasteiger charge is 2.20. The van der Waals surface area contributed by atoms with Gasteiger partial charge in [0.05, 0.1) is 24.4 Å². The fraction of sp³-hybridized carbons (Fsp3) is 0.212. The molecule has 6 rings (SSSR count). The predicted octanol–water partition coefficient (Wildman–Crippen LogP) is 5.38. The van der Waals surface area contributed by atoms with E-state index in [1.54, 1.807) is 56.8 Å². The lowest BCUT2D eigenvalue weighted by atomic mass is 10.1. The molecule has 0 atom stereocenters. The van der Waals surface area contributed by atoms with Gasteiger partial charge in [0.25, 0.3) is 5.91 Å². The fourth-order valence-corrected chi connectivity index (χ4v) is 4.92. The summed E-state index contributed by atoms with van der Waals surface area (Å²) < 4.78 is 20.9. The summed E-state index contributed by atoms with van der Waals surface area (Å²) in [5.74, 6) is 0.170. The molecule has 228 valence electrons. The maximum absolute atomic E-state index is 15.4. The quantitative estimate of drug-likeness (QED) is 0.264. The van der Waals surface area contributed by atoms with Crippen LogP contribution in [0.4, 0.5) is 26.4 Å². The number of carbonyl (C=O) groups excluding carboxylic acids is 2. The van der Waals surface area contributed by atoms with Gasteiger partial charge in [-0.1, -0.05) is 6.07 Å². The van der Waals surface area contributed by atoms with Crippen LogP contribution in [0, 0.1) is 12.7 Å². The Kier molecular flexibility index (Phi) is 8.30. The maximum Gasteiger partial charge on any atom is 0.323 e. The smallest absolute Gasteiger partial charge is 0.323 e. The first-order chi connectivity index (χ1) is 21.7. The lowest BCUT2D eigenvalue weighted by Gasteiger charge is -2.28. The van der Waals surface area contributed by atoms with E-state index >= 15 is 4.39 Å². The number of carbonyl (C=O) groups is 2. The van der Waals surface area contributed by atoms with Gasteiger partial charge in [0.15, 0.2) is 11.6 Å². The number of benzene rings is 2. The molecule has 1 aliphatic heterocycles. The zero-order valence-corrected chi connectivity index (χ0v) is 25.0. The largest absolute Gasteiger partial charge is 0.378 e. The molecular weight excluding hydrogens is 575 g/mol. The molecule has 0 aliphatic carbocycles. The van der Waals surface area contributed by atoms with Crippen molar-refractivity contribution in [3.63, 3.8) is 0 Å². The molecule has 1 saturated heterocycles. The fourth-order valence-electron chi connectivity index (χ4n) is 4.92. The highest BCUT2D eigenvalue weighted by molar-refractivity contribution is 6.00. The Morgan fingerprint density at radius 2 is 1.60 bits per heavy atom. The minimum atomic E-state index is -0.649. The topological polar surface area (TPSA) is 125 Å². The summed E-state index contributed by atoms with van der Waals surface area (Å²) in [6.45, 7) is 4.32. The van der Waals surface area contributed by atoms with Crippen LogP contribution in [0.1, 0.15) is 16.1 Å². The molecule has 12 heteroatoms. The highest BCUT2D eigenvalue weighted by Crippen LogP contribution is 2.31. The van der Waals surface area contributed by atoms with Gasteiger partial charge >= 0.3 is 6.03 Å². The average Bonchev–Trinajstić information content (AvgIpc) is 3.05. The maximum atomic E-state index is 15.4. The molecule has 1 aliphatic rings. The number of morpholine rings is 1. The van der Waals surface area contributed by atoms with Crippen LogP contribution in [0.25, 0.3) is 33.5 Å². The number of rotatable bonds is 6. The Labute approximate surface area is 259 Å². The summed E-state index contributed by atoms with van der Waals surface area (Å²) in [5, 5.41) is 5.19. The standard InChI is InChI=1S/C33H31FN8O3/c1-20-4-5-23(18-35-20)24-17-28-29(36-19-24)31(42-12-14-45-15-13-42)40-30(38-28)22-8-11-27(26(34)16-22)39-33(44)37-25-9-6-21(7-10-25)32(43)41(2)3/h4-11,16-19H,12-15H2,1-3H3,(H2,37,39,44). The lowest BCUT2D eigenvalue weighted by Crippen LogP contribution is -2.37. The van der Waals surface area contributed by atoms with Crippen molar-refractivity contribution >= 4 is 40.2 Å². The molecule has 3 aromatic heterocycles. The van der Waals surface area contributed by atoms with Gasteiger partial charge in [0, 0.05) is 73.2 Å². The van der Waals surface area contributed by atoms with Crippen LogP contribution in [-0.2, 0) is 4.74 Å². The van der Waals surface area contributed by atoms with Gasteiger partial charge in [-0.25, -0.2) is 19.2 Å². The van der Waals surface area contributed by atoms with Gasteiger partial charge in [0.2, 0.25) is 0 Å². The van der Waals surface area contributed by atoms with Crippen molar-refractivity contribution in [2.75, 3.05) is 55.9 Å². The Bertz CT molecular complexity index is 1870. The number of aryl methyl sites for hydroxylation is 1. The number of amides is 3. The normalized spacial score (nSPS) is 13.0. The SMILES string of the molecule is Cc1ccc(-c2cnc3c(N4CCOCC4)nc(-c4ccc(NC(=O)Nc5ccc(C(=O)N(C)C)cc5)c(F)c4)nc3c2)cn1. The van der Waals surface area contributed by atoms with Crippen molar-refractivity contribution < 1.29 is 18.7 Å². The molecule has 0 unspecified atom stereocenters. The number of fused-ring (bicyclic) bond motifs is 1. The van der Waals surface area contributed by atoms with Crippen LogP contribution in [0.15, 0.2) is 73.1 Å². The van der Waals surface area contributed by atoms with Gasteiger partial charge in [-0.05, 0) is 61.5 Å². The third kappa shape index (κ3) is 6.55. The van der Waals surface area contributed by atoms with Crippen LogP contribution in [0.2, 0.25) is 0 Å². The number of pyridine rings is 2. The van der Waals surface area contributed by atoms with Crippen molar-refractivity contribution in [1.82, 2.24) is 24.8 Å². The first kappa shape index (κ1) is 29.6. The Morgan fingerprint density at radius 3 is 2.29 bits per heavy atom. The Balaban J connectivity index is 1.27. The molecular formula is C33H31FN8O3. The molecule has 5 aromatic rings. The van der Waals surface area contributed by atoms with E-state index in [1.165, 1.54) is 17.0 Å². The van der Waals surface area contributed by atoms with Crippen LogP contribution in [0.3, 0.4) is 0 Å². The number of aromatic nitrogens is 4. The summed E-state index contributed by atoms with van der Waals surface area (Å²) >= 11 is 0. The second-order valence-corrected chi connectivity index (χ2v) is 10.8. The number of urea groups is 1. The van der Waals surface area contributed by atoms with Crippen molar-refractivity contribution in [2.24, 2.45) is 0 Å². The van der Waals surface area contributed by atoms with E-state index in [9.17, 15) is 9.59 Å². The van der Waals surface area contributed by atoms with Gasteiger partial charge in [-0.3, -0.25) is 14.8 Å². The Morgan fingerprint density at radius 1 is 0.867 bits per heavy atom. The van der Waals surface area contributed by atoms with Crippen LogP contribution in [0.5, 0.6) is 0 Å². The van der Waals surface area contributed by atoms with Gasteiger partial charge < -0.3 is 25.2 Å². The number of hydrogen-bond acceptors (Lipinski definition) is 8. The van der Waals surface area contributed by atoms with Gasteiger partial charge in [0.1, 0.15) is 11.3 Å². The molecule has 11 nitrogen and oxygen atoms in total. The first-order valence-corrected chi connectivity index (χ1v) is 14.4. The number of hydrogen-bond donors (Lipinski definition) is 2. The molecule has 0 radical (unpaired) electrons. The third-order valence-electron chi connectivity index (χ3n) is 7.34. The first-order valence-electron chi connectivity index (χ1n) is 14.4. The molecule has 45 heavy (non-hydrogen) atoms. The molecule has 1 fully saturated rings. The van der Waals surface area contributed by atoms with E-state index in [1.807, 2.05) is 25.1 Å².